The molecule has 1 amide bonds. The van der Waals surface area contributed by atoms with Gasteiger partial charge in [0.2, 0.25) is 5.91 Å². The van der Waals surface area contributed by atoms with E-state index in [0.29, 0.717) is 5.92 Å². The summed E-state index contributed by atoms with van der Waals surface area (Å²) in [4.78, 5) is 14.7. The number of anilines is 1. The van der Waals surface area contributed by atoms with Gasteiger partial charge in [0, 0.05) is 18.2 Å². The summed E-state index contributed by atoms with van der Waals surface area (Å²) in [6.45, 7) is 16.1. The van der Waals surface area contributed by atoms with Crippen molar-refractivity contribution in [1.82, 2.24) is 4.90 Å². The van der Waals surface area contributed by atoms with Crippen molar-refractivity contribution in [3.05, 3.63) is 65.7 Å². The molecule has 3 rings (SSSR count). The minimum Gasteiger partial charge on any atom is -0.388 e. The van der Waals surface area contributed by atoms with Crippen LogP contribution in [0.15, 0.2) is 54.6 Å². The van der Waals surface area contributed by atoms with Crippen LogP contribution in [-0.4, -0.2) is 35.5 Å². The molecule has 0 aromatic heterocycles. The molecule has 2 aromatic carbocycles. The minimum atomic E-state index is -0.470. The third kappa shape index (κ3) is 7.16. The first kappa shape index (κ1) is 26.4. The summed E-state index contributed by atoms with van der Waals surface area (Å²) >= 11 is 0. The fourth-order valence-corrected chi connectivity index (χ4v) is 5.66. The number of carbonyl (C=O) groups excluding carboxylic acids is 1. The highest BCUT2D eigenvalue weighted by molar-refractivity contribution is 5.92. The van der Waals surface area contributed by atoms with Crippen LogP contribution in [-0.2, 0) is 4.79 Å². The van der Waals surface area contributed by atoms with Gasteiger partial charge < -0.3 is 15.3 Å². The van der Waals surface area contributed by atoms with Crippen LogP contribution in [0, 0.1) is 16.7 Å². The van der Waals surface area contributed by atoms with Gasteiger partial charge in [-0.25, -0.2) is 0 Å². The molecule has 34 heavy (non-hydrogen) atoms. The average molecular weight is 465 g/mol. The Balaban J connectivity index is 1.54. The number of likely N-dealkylation sites (tertiary alicyclic amines) is 1. The van der Waals surface area contributed by atoms with Crippen LogP contribution in [0.25, 0.3) is 0 Å². The Bertz CT molecular complexity index is 928. The number of amides is 1. The molecule has 1 aliphatic rings. The Morgan fingerprint density at radius 2 is 1.68 bits per heavy atom. The van der Waals surface area contributed by atoms with Crippen molar-refractivity contribution in [1.29, 1.82) is 0 Å². The lowest BCUT2D eigenvalue weighted by molar-refractivity contribution is -0.118. The number of hydrogen-bond acceptors (Lipinski definition) is 3. The molecule has 1 heterocycles. The molecule has 4 heteroatoms. The van der Waals surface area contributed by atoms with Crippen molar-refractivity contribution in [3.8, 4) is 0 Å². The van der Waals surface area contributed by atoms with E-state index in [1.807, 2.05) is 50.2 Å². The fraction of sp³-hybridized carbons (Fsp3) is 0.567. The molecule has 0 spiro atoms. The van der Waals surface area contributed by atoms with Crippen LogP contribution in [0.2, 0.25) is 0 Å². The summed E-state index contributed by atoms with van der Waals surface area (Å²) in [6.07, 6.45) is 2.75. The highest BCUT2D eigenvalue weighted by Crippen LogP contribution is 2.43. The fourth-order valence-electron chi connectivity index (χ4n) is 5.66. The number of rotatable bonds is 9. The Morgan fingerprint density at radius 3 is 2.29 bits per heavy atom. The zero-order valence-electron chi connectivity index (χ0n) is 22.0. The molecular formula is C30H44N2O2. The lowest BCUT2D eigenvalue weighted by Gasteiger charge is -2.42. The Morgan fingerprint density at radius 1 is 1.03 bits per heavy atom. The number of nitrogens with one attached hydrogen (secondary N) is 1. The van der Waals surface area contributed by atoms with E-state index in [1.165, 1.54) is 5.56 Å². The lowest BCUT2D eigenvalue weighted by Crippen LogP contribution is -2.42. The molecule has 0 bridgehead atoms. The van der Waals surface area contributed by atoms with E-state index in [0.717, 1.165) is 50.1 Å². The quantitative estimate of drug-likeness (QED) is 0.437. The maximum atomic E-state index is 12.1. The van der Waals surface area contributed by atoms with Crippen LogP contribution >= 0.6 is 0 Å². The zero-order chi connectivity index (χ0) is 24.9. The molecule has 1 atom stereocenters. The number of carbonyl (C=O) groups is 1. The number of hydrogen-bond donors (Lipinski definition) is 2. The number of benzene rings is 2. The summed E-state index contributed by atoms with van der Waals surface area (Å²) in [5.41, 5.74) is 3.12. The van der Waals surface area contributed by atoms with Gasteiger partial charge in [-0.15, -0.1) is 0 Å². The monoisotopic (exact) mass is 464 g/mol. The molecule has 1 fully saturated rings. The van der Waals surface area contributed by atoms with Crippen LogP contribution < -0.4 is 5.32 Å². The highest BCUT2D eigenvalue weighted by atomic mass is 16.3. The topological polar surface area (TPSA) is 52.6 Å². The van der Waals surface area contributed by atoms with Gasteiger partial charge in [0.15, 0.2) is 0 Å². The predicted molar refractivity (Wildman–Crippen MR) is 142 cm³/mol. The number of aliphatic hydroxyl groups is 1. The summed E-state index contributed by atoms with van der Waals surface area (Å²) < 4.78 is 0. The number of piperidine rings is 1. The molecule has 1 unspecified atom stereocenters. The first-order chi connectivity index (χ1) is 16.0. The van der Waals surface area contributed by atoms with Gasteiger partial charge in [-0.1, -0.05) is 84.0 Å². The van der Waals surface area contributed by atoms with E-state index >= 15 is 0 Å². The second kappa shape index (κ2) is 11.0. The van der Waals surface area contributed by atoms with Crippen molar-refractivity contribution >= 4 is 11.6 Å². The molecule has 186 valence electrons. The summed E-state index contributed by atoms with van der Waals surface area (Å²) in [5.74, 6) is 0.579. The van der Waals surface area contributed by atoms with Gasteiger partial charge in [-0.05, 0) is 72.4 Å². The van der Waals surface area contributed by atoms with Crippen LogP contribution in [0.4, 0.5) is 5.69 Å². The molecule has 0 saturated carbocycles. The minimum absolute atomic E-state index is 0.0194. The van der Waals surface area contributed by atoms with E-state index in [4.69, 9.17) is 0 Å². The normalized spacial score (nSPS) is 17.1. The summed E-state index contributed by atoms with van der Waals surface area (Å²) in [7, 11) is 0. The Kier molecular flexibility index (Phi) is 8.59. The molecule has 2 N–H and O–H groups in total. The third-order valence-electron chi connectivity index (χ3n) is 7.18. The van der Waals surface area contributed by atoms with E-state index in [-0.39, 0.29) is 22.7 Å². The van der Waals surface area contributed by atoms with Crippen LogP contribution in [0.1, 0.15) is 84.0 Å². The Hall–Kier alpha value is -2.17. The standard InChI is InChI=1S/C30H44N2O2/c1-22(2)28(34)31-26-14-10-13-25(19-26)23-15-17-32(18-16-23)21-29(3,4)20-30(5,6)27(33)24-11-8-7-9-12-24/h7-14,19,22-23,27,33H,15-18,20-21H2,1-6H3,(H,31,34). The largest absolute Gasteiger partial charge is 0.388 e. The molecule has 1 aliphatic heterocycles. The van der Waals surface area contributed by atoms with E-state index < -0.39 is 6.10 Å². The third-order valence-corrected chi connectivity index (χ3v) is 7.18. The van der Waals surface area contributed by atoms with Crippen molar-refractivity contribution in [2.24, 2.45) is 16.7 Å². The van der Waals surface area contributed by atoms with Crippen molar-refractivity contribution in [3.63, 3.8) is 0 Å². The molecule has 4 nitrogen and oxygen atoms in total. The van der Waals surface area contributed by atoms with E-state index in [9.17, 15) is 9.90 Å². The number of aliphatic hydroxyl groups excluding tert-OH is 1. The van der Waals surface area contributed by atoms with Gasteiger partial charge in [0.1, 0.15) is 0 Å². The zero-order valence-corrected chi connectivity index (χ0v) is 22.0. The van der Waals surface area contributed by atoms with Gasteiger partial charge >= 0.3 is 0 Å². The second-order valence-electron chi connectivity index (χ2n) is 12.0. The van der Waals surface area contributed by atoms with E-state index in [2.05, 4.69) is 56.1 Å². The van der Waals surface area contributed by atoms with Crippen LogP contribution in [0.5, 0.6) is 0 Å². The molecule has 0 radical (unpaired) electrons. The van der Waals surface area contributed by atoms with Gasteiger partial charge in [0.25, 0.3) is 0 Å². The van der Waals surface area contributed by atoms with Crippen molar-refractivity contribution in [2.75, 3.05) is 25.0 Å². The summed E-state index contributed by atoms with van der Waals surface area (Å²) in [5, 5.41) is 14.1. The van der Waals surface area contributed by atoms with Crippen molar-refractivity contribution < 1.29 is 9.90 Å². The summed E-state index contributed by atoms with van der Waals surface area (Å²) in [6, 6.07) is 18.4. The molecule has 2 aromatic rings. The van der Waals surface area contributed by atoms with E-state index in [1.54, 1.807) is 0 Å². The van der Waals surface area contributed by atoms with Gasteiger partial charge in [-0.3, -0.25) is 4.79 Å². The van der Waals surface area contributed by atoms with Crippen molar-refractivity contribution in [2.45, 2.75) is 72.8 Å². The predicted octanol–water partition coefficient (Wildman–Crippen LogP) is 6.64. The van der Waals surface area contributed by atoms with Gasteiger partial charge in [-0.2, -0.15) is 0 Å². The maximum absolute atomic E-state index is 12.1. The first-order valence-electron chi connectivity index (χ1n) is 12.8. The maximum Gasteiger partial charge on any atom is 0.226 e. The SMILES string of the molecule is CC(C)C(=O)Nc1cccc(C2CCN(CC(C)(C)CC(C)(C)C(O)c3ccccc3)CC2)c1. The highest BCUT2D eigenvalue weighted by Gasteiger charge is 2.36. The molecular weight excluding hydrogens is 420 g/mol. The Labute approximate surface area is 206 Å². The average Bonchev–Trinajstić information content (AvgIpc) is 2.78. The molecule has 1 saturated heterocycles. The second-order valence-corrected chi connectivity index (χ2v) is 12.0. The number of nitrogens with zero attached hydrogens (tertiary/aromatic N) is 1. The molecule has 0 aliphatic carbocycles. The van der Waals surface area contributed by atoms with Crippen LogP contribution in [0.3, 0.4) is 0 Å². The first-order valence-corrected chi connectivity index (χ1v) is 12.8. The van der Waals surface area contributed by atoms with Gasteiger partial charge in [0.05, 0.1) is 6.10 Å². The smallest absolute Gasteiger partial charge is 0.226 e. The lowest BCUT2D eigenvalue weighted by atomic mass is 9.70.